The van der Waals surface area contributed by atoms with Gasteiger partial charge in [0, 0.05) is 11.3 Å². The highest BCUT2D eigenvalue weighted by molar-refractivity contribution is 5.93. The molecule has 98 valence electrons. The molecule has 1 heterocycles. The van der Waals surface area contributed by atoms with Crippen LogP contribution in [0.15, 0.2) is 24.3 Å². The van der Waals surface area contributed by atoms with Crippen molar-refractivity contribution in [3.63, 3.8) is 0 Å². The molecule has 1 amide bonds. The highest BCUT2D eigenvalue weighted by Crippen LogP contribution is 2.23. The van der Waals surface area contributed by atoms with Crippen LogP contribution >= 0.6 is 0 Å². The first-order valence-corrected chi connectivity index (χ1v) is 5.30. The van der Waals surface area contributed by atoms with Crippen LogP contribution in [-0.2, 0) is 11.3 Å². The highest BCUT2D eigenvalue weighted by Gasteiger charge is 2.21. The van der Waals surface area contributed by atoms with Crippen molar-refractivity contribution in [3.8, 4) is 11.3 Å². The van der Waals surface area contributed by atoms with Gasteiger partial charge < -0.3 is 16.6 Å². The SMILES string of the molecule is NC(=O)Cn1nnc(C(=O)O)c1-c1ccc(N)cc1. The third kappa shape index (κ3) is 2.51. The molecule has 19 heavy (non-hydrogen) atoms. The summed E-state index contributed by atoms with van der Waals surface area (Å²) in [4.78, 5) is 22.1. The Kier molecular flexibility index (Phi) is 3.15. The Labute approximate surface area is 107 Å². The Morgan fingerprint density at radius 3 is 2.42 bits per heavy atom. The van der Waals surface area contributed by atoms with Crippen molar-refractivity contribution >= 4 is 17.6 Å². The second-order valence-electron chi connectivity index (χ2n) is 3.84. The van der Waals surface area contributed by atoms with Crippen molar-refractivity contribution in [3.05, 3.63) is 30.0 Å². The predicted octanol–water partition coefficient (Wildman–Crippen LogP) is -0.289. The van der Waals surface area contributed by atoms with Gasteiger partial charge in [-0.15, -0.1) is 5.10 Å². The molecule has 0 saturated heterocycles. The molecule has 2 aromatic rings. The molecule has 0 bridgehead atoms. The number of hydrogen-bond donors (Lipinski definition) is 3. The lowest BCUT2D eigenvalue weighted by atomic mass is 10.1. The third-order valence-corrected chi connectivity index (χ3v) is 2.43. The Balaban J connectivity index is 2.57. The number of benzene rings is 1. The number of nitrogens with zero attached hydrogens (tertiary/aromatic N) is 3. The van der Waals surface area contributed by atoms with Gasteiger partial charge in [-0.25, -0.2) is 9.48 Å². The maximum atomic E-state index is 11.1. The molecule has 0 fully saturated rings. The van der Waals surface area contributed by atoms with Crippen LogP contribution in [0.3, 0.4) is 0 Å². The van der Waals surface area contributed by atoms with E-state index in [4.69, 9.17) is 16.6 Å². The highest BCUT2D eigenvalue weighted by atomic mass is 16.4. The van der Waals surface area contributed by atoms with Crippen LogP contribution in [0.1, 0.15) is 10.5 Å². The standard InChI is InChI=1S/C11H11N5O3/c12-7-3-1-6(2-4-7)10-9(11(18)19)14-15-16(10)5-8(13)17/h1-4H,5,12H2,(H2,13,17)(H,18,19). The number of anilines is 1. The van der Waals surface area contributed by atoms with Crippen molar-refractivity contribution < 1.29 is 14.7 Å². The molecule has 0 saturated carbocycles. The summed E-state index contributed by atoms with van der Waals surface area (Å²) in [5.41, 5.74) is 11.7. The summed E-state index contributed by atoms with van der Waals surface area (Å²) >= 11 is 0. The van der Waals surface area contributed by atoms with Gasteiger partial charge in [-0.2, -0.15) is 0 Å². The predicted molar refractivity (Wildman–Crippen MR) is 66.0 cm³/mol. The second-order valence-corrected chi connectivity index (χ2v) is 3.84. The first-order chi connectivity index (χ1) is 8.99. The minimum atomic E-state index is -1.23. The zero-order valence-corrected chi connectivity index (χ0v) is 9.78. The number of hydrogen-bond acceptors (Lipinski definition) is 5. The van der Waals surface area contributed by atoms with Crippen LogP contribution in [0, 0.1) is 0 Å². The molecule has 5 N–H and O–H groups in total. The number of carbonyl (C=O) groups excluding carboxylic acids is 1. The summed E-state index contributed by atoms with van der Waals surface area (Å²) in [6.07, 6.45) is 0. The number of nitrogen functional groups attached to an aromatic ring is 1. The normalized spacial score (nSPS) is 10.3. The summed E-state index contributed by atoms with van der Waals surface area (Å²) in [5, 5.41) is 16.2. The second kappa shape index (κ2) is 4.77. The number of carbonyl (C=O) groups is 2. The summed E-state index contributed by atoms with van der Waals surface area (Å²) in [6, 6.07) is 6.47. The number of carboxylic acid groups (broad SMARTS) is 1. The molecule has 0 unspecified atom stereocenters. The van der Waals surface area contributed by atoms with Gasteiger partial charge in [0.25, 0.3) is 0 Å². The van der Waals surface area contributed by atoms with Crippen LogP contribution in [0.25, 0.3) is 11.3 Å². The van der Waals surface area contributed by atoms with Crippen LogP contribution in [-0.4, -0.2) is 32.0 Å². The van der Waals surface area contributed by atoms with E-state index < -0.39 is 11.9 Å². The molecule has 2 rings (SSSR count). The summed E-state index contributed by atoms with van der Waals surface area (Å²) < 4.78 is 1.15. The van der Waals surface area contributed by atoms with E-state index >= 15 is 0 Å². The average Bonchev–Trinajstić information content (AvgIpc) is 2.73. The molecule has 0 spiro atoms. The fraction of sp³-hybridized carbons (Fsp3) is 0.0909. The molecule has 8 heteroatoms. The molecule has 1 aromatic carbocycles. The fourth-order valence-electron chi connectivity index (χ4n) is 1.64. The first-order valence-electron chi connectivity index (χ1n) is 5.30. The van der Waals surface area contributed by atoms with E-state index in [9.17, 15) is 9.59 Å². The number of primary amides is 1. The van der Waals surface area contributed by atoms with E-state index in [-0.39, 0.29) is 17.9 Å². The van der Waals surface area contributed by atoms with Gasteiger partial charge in [-0.1, -0.05) is 17.3 Å². The van der Waals surface area contributed by atoms with Crippen molar-refractivity contribution in [2.45, 2.75) is 6.54 Å². The Morgan fingerprint density at radius 2 is 1.89 bits per heavy atom. The molecule has 0 radical (unpaired) electrons. The number of aromatic carboxylic acids is 1. The van der Waals surface area contributed by atoms with Crippen molar-refractivity contribution in [2.24, 2.45) is 5.73 Å². The fourth-order valence-corrected chi connectivity index (χ4v) is 1.64. The summed E-state index contributed by atoms with van der Waals surface area (Å²) in [5.74, 6) is -1.87. The van der Waals surface area contributed by atoms with E-state index in [0.717, 1.165) is 4.68 Å². The van der Waals surface area contributed by atoms with E-state index in [1.807, 2.05) is 0 Å². The van der Waals surface area contributed by atoms with Crippen LogP contribution in [0.2, 0.25) is 0 Å². The first kappa shape index (κ1) is 12.6. The topological polar surface area (TPSA) is 137 Å². The van der Waals surface area contributed by atoms with E-state index in [1.165, 1.54) is 0 Å². The van der Waals surface area contributed by atoms with Gasteiger partial charge in [0.1, 0.15) is 12.2 Å². The largest absolute Gasteiger partial charge is 0.476 e. The zero-order valence-electron chi connectivity index (χ0n) is 9.78. The minimum absolute atomic E-state index is 0.214. The molecule has 0 atom stereocenters. The van der Waals surface area contributed by atoms with Crippen LogP contribution < -0.4 is 11.5 Å². The number of nitrogens with two attached hydrogens (primary N) is 2. The number of amides is 1. The monoisotopic (exact) mass is 261 g/mol. The average molecular weight is 261 g/mol. The smallest absolute Gasteiger partial charge is 0.358 e. The lowest BCUT2D eigenvalue weighted by Crippen LogP contribution is -2.20. The maximum absolute atomic E-state index is 11.1. The van der Waals surface area contributed by atoms with Crippen molar-refractivity contribution in [2.75, 3.05) is 5.73 Å². The van der Waals surface area contributed by atoms with Gasteiger partial charge in [0.15, 0.2) is 5.69 Å². The summed E-state index contributed by atoms with van der Waals surface area (Å²) in [7, 11) is 0. The number of aromatic nitrogens is 3. The lowest BCUT2D eigenvalue weighted by Gasteiger charge is -2.05. The Hall–Kier alpha value is -2.90. The van der Waals surface area contributed by atoms with Crippen LogP contribution in [0.5, 0.6) is 0 Å². The number of carboxylic acids is 1. The third-order valence-electron chi connectivity index (χ3n) is 2.43. The maximum Gasteiger partial charge on any atom is 0.358 e. The van der Waals surface area contributed by atoms with E-state index in [1.54, 1.807) is 24.3 Å². The lowest BCUT2D eigenvalue weighted by molar-refractivity contribution is -0.118. The van der Waals surface area contributed by atoms with Gasteiger partial charge in [0.2, 0.25) is 5.91 Å². The molecule has 1 aromatic heterocycles. The zero-order chi connectivity index (χ0) is 14.0. The van der Waals surface area contributed by atoms with Gasteiger partial charge in [-0.3, -0.25) is 4.79 Å². The van der Waals surface area contributed by atoms with Gasteiger partial charge in [-0.05, 0) is 12.1 Å². The van der Waals surface area contributed by atoms with Gasteiger partial charge in [0.05, 0.1) is 0 Å². The number of rotatable bonds is 4. The van der Waals surface area contributed by atoms with E-state index in [2.05, 4.69) is 10.3 Å². The molecule has 0 aliphatic rings. The Morgan fingerprint density at radius 1 is 1.26 bits per heavy atom. The van der Waals surface area contributed by atoms with Crippen molar-refractivity contribution in [1.29, 1.82) is 0 Å². The van der Waals surface area contributed by atoms with Crippen LogP contribution in [0.4, 0.5) is 5.69 Å². The molecular formula is C11H11N5O3. The summed E-state index contributed by atoms with van der Waals surface area (Å²) in [6.45, 7) is -0.250. The molecule has 0 aliphatic carbocycles. The minimum Gasteiger partial charge on any atom is -0.476 e. The molecule has 0 aliphatic heterocycles. The van der Waals surface area contributed by atoms with Gasteiger partial charge >= 0.3 is 5.97 Å². The Bertz CT molecular complexity index is 632. The molecule has 8 nitrogen and oxygen atoms in total. The van der Waals surface area contributed by atoms with E-state index in [0.29, 0.717) is 11.3 Å². The molecular weight excluding hydrogens is 250 g/mol. The quantitative estimate of drug-likeness (QED) is 0.647. The van der Waals surface area contributed by atoms with Crippen molar-refractivity contribution in [1.82, 2.24) is 15.0 Å².